The Kier molecular flexibility index (Phi) is 3.58. The first kappa shape index (κ1) is 12.6. The van der Waals surface area contributed by atoms with Gasteiger partial charge in [0.2, 0.25) is 0 Å². The lowest BCUT2D eigenvalue weighted by Crippen LogP contribution is -2.08. The van der Waals surface area contributed by atoms with E-state index in [2.05, 4.69) is 79.2 Å². The lowest BCUT2D eigenvalue weighted by molar-refractivity contribution is 0.377. The second-order valence-electron chi connectivity index (χ2n) is 5.80. The minimum absolute atomic E-state index is 0.338. The topological polar surface area (TPSA) is 0 Å². The summed E-state index contributed by atoms with van der Waals surface area (Å²) in [6.45, 7) is 6.85. The summed E-state index contributed by atoms with van der Waals surface area (Å²) in [5, 5.41) is 2.68. The molecule has 1 atom stereocenters. The smallest absolute Gasteiger partial charge is 0.0406 e. The highest BCUT2D eigenvalue weighted by atomic mass is 79.9. The molecule has 2 aromatic carbocycles. The van der Waals surface area contributed by atoms with E-state index in [1.807, 2.05) is 0 Å². The standard InChI is InChI=1S/C16H19Br/c1-16(2,3)11-15(17)14-10-6-8-12-7-4-5-9-13(12)14/h4-10,15H,11H2,1-3H3. The lowest BCUT2D eigenvalue weighted by atomic mass is 9.87. The van der Waals surface area contributed by atoms with Crippen LogP contribution >= 0.6 is 15.9 Å². The first-order valence-corrected chi connectivity index (χ1v) is 7.01. The Morgan fingerprint density at radius 1 is 1.00 bits per heavy atom. The average Bonchev–Trinajstić information content (AvgIpc) is 2.26. The van der Waals surface area contributed by atoms with Gasteiger partial charge in [-0.25, -0.2) is 0 Å². The number of fused-ring (bicyclic) bond motifs is 1. The molecular formula is C16H19Br. The van der Waals surface area contributed by atoms with Crippen molar-refractivity contribution in [1.29, 1.82) is 0 Å². The second-order valence-corrected chi connectivity index (χ2v) is 6.91. The van der Waals surface area contributed by atoms with Crippen molar-refractivity contribution in [2.45, 2.75) is 32.0 Å². The Labute approximate surface area is 112 Å². The minimum atomic E-state index is 0.338. The maximum absolute atomic E-state index is 3.84. The van der Waals surface area contributed by atoms with Crippen LogP contribution in [0.3, 0.4) is 0 Å². The Morgan fingerprint density at radius 2 is 1.65 bits per heavy atom. The number of hydrogen-bond donors (Lipinski definition) is 0. The van der Waals surface area contributed by atoms with Crippen molar-refractivity contribution in [3.05, 3.63) is 48.0 Å². The van der Waals surface area contributed by atoms with Crippen LogP contribution in [0.15, 0.2) is 42.5 Å². The van der Waals surface area contributed by atoms with Crippen LogP contribution in [0.25, 0.3) is 10.8 Å². The van der Waals surface area contributed by atoms with Crippen molar-refractivity contribution in [1.82, 2.24) is 0 Å². The zero-order valence-electron chi connectivity index (χ0n) is 10.7. The molecule has 0 saturated carbocycles. The molecular weight excluding hydrogens is 272 g/mol. The summed E-state index contributed by atoms with van der Waals surface area (Å²) in [6, 6.07) is 15.1. The molecule has 0 aliphatic rings. The Morgan fingerprint density at radius 3 is 2.35 bits per heavy atom. The lowest BCUT2D eigenvalue weighted by Gasteiger charge is -2.23. The van der Waals surface area contributed by atoms with Crippen molar-refractivity contribution in [2.24, 2.45) is 5.41 Å². The van der Waals surface area contributed by atoms with E-state index in [0.717, 1.165) is 6.42 Å². The molecule has 0 N–H and O–H groups in total. The van der Waals surface area contributed by atoms with Gasteiger partial charge in [0, 0.05) is 4.83 Å². The van der Waals surface area contributed by atoms with Crippen molar-refractivity contribution >= 4 is 26.7 Å². The summed E-state index contributed by atoms with van der Waals surface area (Å²) in [4.78, 5) is 0.425. The molecule has 0 saturated heterocycles. The van der Waals surface area contributed by atoms with Crippen molar-refractivity contribution in [3.63, 3.8) is 0 Å². The van der Waals surface area contributed by atoms with Crippen LogP contribution in [0.4, 0.5) is 0 Å². The first-order valence-electron chi connectivity index (χ1n) is 6.09. The highest BCUT2D eigenvalue weighted by molar-refractivity contribution is 9.09. The van der Waals surface area contributed by atoms with Gasteiger partial charge in [-0.3, -0.25) is 0 Å². The van der Waals surface area contributed by atoms with E-state index in [1.54, 1.807) is 0 Å². The van der Waals surface area contributed by atoms with E-state index in [4.69, 9.17) is 0 Å². The van der Waals surface area contributed by atoms with Gasteiger partial charge >= 0.3 is 0 Å². The fraction of sp³-hybridized carbons (Fsp3) is 0.375. The molecule has 1 unspecified atom stereocenters. The molecule has 0 aliphatic heterocycles. The second kappa shape index (κ2) is 4.81. The summed E-state index contributed by atoms with van der Waals surface area (Å²) >= 11 is 3.84. The predicted octanol–water partition coefficient (Wildman–Crippen LogP) is 5.71. The molecule has 0 bridgehead atoms. The van der Waals surface area contributed by atoms with Gasteiger partial charge in [-0.2, -0.15) is 0 Å². The van der Waals surface area contributed by atoms with E-state index in [1.165, 1.54) is 16.3 Å². The third kappa shape index (κ3) is 3.10. The van der Waals surface area contributed by atoms with Crippen LogP contribution in [0.1, 0.15) is 37.6 Å². The van der Waals surface area contributed by atoms with E-state index in [0.29, 0.717) is 10.2 Å². The molecule has 90 valence electrons. The molecule has 2 rings (SSSR count). The maximum Gasteiger partial charge on any atom is 0.0406 e. The summed E-state index contributed by atoms with van der Waals surface area (Å²) in [5.74, 6) is 0. The van der Waals surface area contributed by atoms with Crippen LogP contribution < -0.4 is 0 Å². The molecule has 0 aliphatic carbocycles. The number of rotatable bonds is 2. The number of hydrogen-bond acceptors (Lipinski definition) is 0. The van der Waals surface area contributed by atoms with Gasteiger partial charge in [-0.15, -0.1) is 0 Å². The zero-order chi connectivity index (χ0) is 12.5. The first-order chi connectivity index (χ1) is 7.97. The molecule has 0 radical (unpaired) electrons. The van der Waals surface area contributed by atoms with E-state index in [-0.39, 0.29) is 0 Å². The van der Waals surface area contributed by atoms with Gasteiger partial charge in [-0.05, 0) is 28.2 Å². The largest absolute Gasteiger partial charge is 0.0838 e. The molecule has 0 nitrogen and oxygen atoms in total. The van der Waals surface area contributed by atoms with Crippen LogP contribution in [0.5, 0.6) is 0 Å². The summed E-state index contributed by atoms with van der Waals surface area (Å²) < 4.78 is 0. The van der Waals surface area contributed by atoms with Crippen LogP contribution in [-0.2, 0) is 0 Å². The molecule has 0 aromatic heterocycles. The van der Waals surface area contributed by atoms with E-state index in [9.17, 15) is 0 Å². The number of halogens is 1. The Hall–Kier alpha value is -0.820. The highest BCUT2D eigenvalue weighted by Crippen LogP contribution is 2.38. The SMILES string of the molecule is CC(C)(C)CC(Br)c1cccc2ccccc12. The molecule has 1 heteroatoms. The van der Waals surface area contributed by atoms with Gasteiger partial charge in [0.25, 0.3) is 0 Å². The van der Waals surface area contributed by atoms with Crippen molar-refractivity contribution in [3.8, 4) is 0 Å². The van der Waals surface area contributed by atoms with Crippen molar-refractivity contribution < 1.29 is 0 Å². The van der Waals surface area contributed by atoms with Gasteiger partial charge in [0.15, 0.2) is 0 Å². The van der Waals surface area contributed by atoms with E-state index < -0.39 is 0 Å². The van der Waals surface area contributed by atoms with Crippen molar-refractivity contribution in [2.75, 3.05) is 0 Å². The summed E-state index contributed by atoms with van der Waals surface area (Å²) in [7, 11) is 0. The molecule has 0 amide bonds. The number of benzene rings is 2. The summed E-state index contributed by atoms with van der Waals surface area (Å²) in [5.41, 5.74) is 1.74. The normalized spacial score (nSPS) is 13.9. The predicted molar refractivity (Wildman–Crippen MR) is 79.7 cm³/mol. The quantitative estimate of drug-likeness (QED) is 0.621. The maximum atomic E-state index is 3.84. The molecule has 0 heterocycles. The molecule has 0 spiro atoms. The summed E-state index contributed by atoms with van der Waals surface area (Å²) in [6.07, 6.45) is 1.14. The molecule has 2 aromatic rings. The highest BCUT2D eigenvalue weighted by Gasteiger charge is 2.19. The van der Waals surface area contributed by atoms with Gasteiger partial charge in [-0.1, -0.05) is 79.2 Å². The van der Waals surface area contributed by atoms with Gasteiger partial charge in [0.1, 0.15) is 0 Å². The fourth-order valence-electron chi connectivity index (χ4n) is 2.17. The number of alkyl halides is 1. The van der Waals surface area contributed by atoms with E-state index >= 15 is 0 Å². The fourth-order valence-corrected chi connectivity index (χ4v) is 3.54. The third-order valence-corrected chi connectivity index (χ3v) is 3.77. The zero-order valence-corrected chi connectivity index (χ0v) is 12.3. The van der Waals surface area contributed by atoms with Crippen LogP contribution in [0.2, 0.25) is 0 Å². The molecule has 0 fully saturated rings. The average molecular weight is 291 g/mol. The van der Waals surface area contributed by atoms with Gasteiger partial charge < -0.3 is 0 Å². The molecule has 17 heavy (non-hydrogen) atoms. The third-order valence-electron chi connectivity index (χ3n) is 2.95. The Bertz CT molecular complexity index is 503. The minimum Gasteiger partial charge on any atom is -0.0838 e. The Balaban J connectivity index is 2.41. The van der Waals surface area contributed by atoms with Crippen LogP contribution in [-0.4, -0.2) is 0 Å². The van der Waals surface area contributed by atoms with Gasteiger partial charge in [0.05, 0.1) is 0 Å². The monoisotopic (exact) mass is 290 g/mol. The van der Waals surface area contributed by atoms with Crippen LogP contribution in [0, 0.1) is 5.41 Å².